The van der Waals surface area contributed by atoms with Crippen LogP contribution in [-0.4, -0.2) is 11.1 Å². The molecule has 2 heteroatoms. The van der Waals surface area contributed by atoms with Gasteiger partial charge in [0.05, 0.1) is 0 Å². The Hall–Kier alpha value is -0.530. The highest BCUT2D eigenvalue weighted by atomic mass is 16.4. The Bertz CT molecular complexity index is 171. The van der Waals surface area contributed by atoms with E-state index >= 15 is 0 Å². The van der Waals surface area contributed by atoms with Gasteiger partial charge < -0.3 is 5.11 Å². The van der Waals surface area contributed by atoms with E-state index in [0.717, 1.165) is 12.8 Å². The summed E-state index contributed by atoms with van der Waals surface area (Å²) in [5.74, 6) is -0.665. The Morgan fingerprint density at radius 1 is 1.07 bits per heavy atom. The highest BCUT2D eigenvalue weighted by Crippen LogP contribution is 2.31. The first-order chi connectivity index (χ1) is 7.04. The Morgan fingerprint density at radius 2 is 1.60 bits per heavy atom. The van der Waals surface area contributed by atoms with Crippen molar-refractivity contribution in [2.75, 3.05) is 0 Å². The summed E-state index contributed by atoms with van der Waals surface area (Å²) in [6.07, 6.45) is 8.45. The molecule has 0 rings (SSSR count). The fourth-order valence-corrected chi connectivity index (χ4v) is 1.79. The minimum atomic E-state index is -0.665. The van der Waals surface area contributed by atoms with Gasteiger partial charge in [-0.05, 0) is 18.3 Å². The number of aliphatic carboxylic acids is 1. The second kappa shape index (κ2) is 7.72. The third-order valence-corrected chi connectivity index (χ3v) is 3.63. The second-order valence-electron chi connectivity index (χ2n) is 4.83. The summed E-state index contributed by atoms with van der Waals surface area (Å²) < 4.78 is 0. The van der Waals surface area contributed by atoms with E-state index in [2.05, 4.69) is 20.8 Å². The molecule has 0 atom stereocenters. The van der Waals surface area contributed by atoms with Crippen molar-refractivity contribution in [3.05, 3.63) is 0 Å². The van der Waals surface area contributed by atoms with E-state index in [1.165, 1.54) is 32.1 Å². The molecule has 0 aromatic carbocycles. The summed E-state index contributed by atoms with van der Waals surface area (Å²) in [6.45, 7) is 6.87. The summed E-state index contributed by atoms with van der Waals surface area (Å²) in [5.41, 5.74) is 0.507. The molecule has 0 bridgehead atoms. The van der Waals surface area contributed by atoms with Crippen LogP contribution in [0.2, 0.25) is 0 Å². The number of hydrogen-bond donors (Lipinski definition) is 1. The molecule has 0 amide bonds. The van der Waals surface area contributed by atoms with Crippen molar-refractivity contribution in [3.8, 4) is 0 Å². The van der Waals surface area contributed by atoms with Gasteiger partial charge in [0.1, 0.15) is 0 Å². The standard InChI is InChI=1S/C13H26O2/c1-4-13(3,5-2)11-9-7-6-8-10-12(14)15/h4-11H2,1-3H3,(H,14,15). The number of carboxylic acid groups (broad SMARTS) is 1. The van der Waals surface area contributed by atoms with Crippen molar-refractivity contribution in [2.45, 2.75) is 72.1 Å². The van der Waals surface area contributed by atoms with E-state index in [0.29, 0.717) is 11.8 Å². The molecule has 0 unspecified atom stereocenters. The van der Waals surface area contributed by atoms with E-state index in [1.807, 2.05) is 0 Å². The first kappa shape index (κ1) is 14.5. The Kier molecular flexibility index (Phi) is 7.45. The molecule has 0 aliphatic carbocycles. The summed E-state index contributed by atoms with van der Waals surface area (Å²) in [5, 5.41) is 8.48. The molecule has 2 nitrogen and oxygen atoms in total. The molecular weight excluding hydrogens is 188 g/mol. The van der Waals surface area contributed by atoms with Crippen LogP contribution in [0.15, 0.2) is 0 Å². The van der Waals surface area contributed by atoms with Gasteiger partial charge in [-0.15, -0.1) is 0 Å². The van der Waals surface area contributed by atoms with Crippen LogP contribution < -0.4 is 0 Å². The normalized spacial score (nSPS) is 11.7. The molecular formula is C13H26O2. The molecule has 0 saturated carbocycles. The summed E-state index contributed by atoms with van der Waals surface area (Å²) in [6, 6.07) is 0. The lowest BCUT2D eigenvalue weighted by Crippen LogP contribution is -2.13. The summed E-state index contributed by atoms with van der Waals surface area (Å²) >= 11 is 0. The smallest absolute Gasteiger partial charge is 0.303 e. The number of hydrogen-bond acceptors (Lipinski definition) is 1. The SMILES string of the molecule is CCC(C)(CC)CCCCCCC(=O)O. The van der Waals surface area contributed by atoms with Crippen molar-refractivity contribution in [3.63, 3.8) is 0 Å². The maximum absolute atomic E-state index is 10.3. The molecule has 0 aromatic rings. The number of rotatable bonds is 9. The van der Waals surface area contributed by atoms with Crippen molar-refractivity contribution >= 4 is 5.97 Å². The number of carboxylic acids is 1. The molecule has 0 aliphatic rings. The average molecular weight is 214 g/mol. The molecule has 0 aliphatic heterocycles. The van der Waals surface area contributed by atoms with E-state index in [-0.39, 0.29) is 0 Å². The third kappa shape index (κ3) is 7.40. The van der Waals surface area contributed by atoms with Crippen LogP contribution in [0.25, 0.3) is 0 Å². The monoisotopic (exact) mass is 214 g/mol. The van der Waals surface area contributed by atoms with Gasteiger partial charge >= 0.3 is 5.97 Å². The van der Waals surface area contributed by atoms with Gasteiger partial charge in [-0.25, -0.2) is 0 Å². The Labute approximate surface area is 94.1 Å². The van der Waals surface area contributed by atoms with Crippen LogP contribution >= 0.6 is 0 Å². The molecule has 0 aromatic heterocycles. The van der Waals surface area contributed by atoms with Crippen molar-refractivity contribution in [2.24, 2.45) is 5.41 Å². The number of unbranched alkanes of at least 4 members (excludes halogenated alkanes) is 3. The van der Waals surface area contributed by atoms with Crippen LogP contribution in [0.5, 0.6) is 0 Å². The van der Waals surface area contributed by atoms with Crippen LogP contribution in [0, 0.1) is 5.41 Å². The van der Waals surface area contributed by atoms with E-state index in [4.69, 9.17) is 5.11 Å². The Balaban J connectivity index is 3.41. The third-order valence-electron chi connectivity index (χ3n) is 3.63. The lowest BCUT2D eigenvalue weighted by Gasteiger charge is -2.26. The predicted molar refractivity (Wildman–Crippen MR) is 64.0 cm³/mol. The fourth-order valence-electron chi connectivity index (χ4n) is 1.79. The van der Waals surface area contributed by atoms with Gasteiger partial charge in [-0.1, -0.05) is 52.9 Å². The molecule has 1 N–H and O–H groups in total. The second-order valence-corrected chi connectivity index (χ2v) is 4.83. The quantitative estimate of drug-likeness (QED) is 0.583. The van der Waals surface area contributed by atoms with E-state index in [1.54, 1.807) is 0 Å². The largest absolute Gasteiger partial charge is 0.481 e. The van der Waals surface area contributed by atoms with Crippen molar-refractivity contribution < 1.29 is 9.90 Å². The summed E-state index contributed by atoms with van der Waals surface area (Å²) in [7, 11) is 0. The van der Waals surface area contributed by atoms with Gasteiger partial charge in [-0.3, -0.25) is 4.79 Å². The maximum atomic E-state index is 10.3. The van der Waals surface area contributed by atoms with Crippen molar-refractivity contribution in [1.82, 2.24) is 0 Å². The van der Waals surface area contributed by atoms with Crippen LogP contribution in [-0.2, 0) is 4.79 Å². The fraction of sp³-hybridized carbons (Fsp3) is 0.923. The van der Waals surface area contributed by atoms with Gasteiger partial charge in [0.25, 0.3) is 0 Å². The maximum Gasteiger partial charge on any atom is 0.303 e. The first-order valence-electron chi connectivity index (χ1n) is 6.26. The van der Waals surface area contributed by atoms with Gasteiger partial charge in [-0.2, -0.15) is 0 Å². The zero-order chi connectivity index (χ0) is 11.7. The average Bonchev–Trinajstić information content (AvgIpc) is 2.22. The molecule has 0 spiro atoms. The molecule has 0 saturated heterocycles. The zero-order valence-electron chi connectivity index (χ0n) is 10.5. The Morgan fingerprint density at radius 3 is 2.07 bits per heavy atom. The lowest BCUT2D eigenvalue weighted by molar-refractivity contribution is -0.137. The highest BCUT2D eigenvalue weighted by molar-refractivity contribution is 5.66. The first-order valence-corrected chi connectivity index (χ1v) is 6.26. The van der Waals surface area contributed by atoms with Crippen molar-refractivity contribution in [1.29, 1.82) is 0 Å². The molecule has 90 valence electrons. The topological polar surface area (TPSA) is 37.3 Å². The highest BCUT2D eigenvalue weighted by Gasteiger charge is 2.18. The lowest BCUT2D eigenvalue weighted by atomic mass is 9.80. The van der Waals surface area contributed by atoms with Crippen LogP contribution in [0.4, 0.5) is 0 Å². The van der Waals surface area contributed by atoms with E-state index in [9.17, 15) is 4.79 Å². The van der Waals surface area contributed by atoms with Gasteiger partial charge in [0, 0.05) is 6.42 Å². The zero-order valence-corrected chi connectivity index (χ0v) is 10.5. The molecule has 15 heavy (non-hydrogen) atoms. The molecule has 0 heterocycles. The van der Waals surface area contributed by atoms with E-state index < -0.39 is 5.97 Å². The van der Waals surface area contributed by atoms with Crippen LogP contribution in [0.1, 0.15) is 72.1 Å². The molecule has 0 radical (unpaired) electrons. The predicted octanol–water partition coefficient (Wildman–Crippen LogP) is 4.24. The van der Waals surface area contributed by atoms with Gasteiger partial charge in [0.15, 0.2) is 0 Å². The number of carbonyl (C=O) groups is 1. The van der Waals surface area contributed by atoms with Gasteiger partial charge in [0.2, 0.25) is 0 Å². The summed E-state index contributed by atoms with van der Waals surface area (Å²) in [4.78, 5) is 10.3. The minimum Gasteiger partial charge on any atom is -0.481 e. The minimum absolute atomic E-state index is 0.332. The van der Waals surface area contributed by atoms with Crippen LogP contribution in [0.3, 0.4) is 0 Å². The molecule has 0 fully saturated rings.